The minimum atomic E-state index is -0.0682. The monoisotopic (exact) mass is 149 g/mol. The van der Waals surface area contributed by atoms with Crippen molar-refractivity contribution in [1.29, 1.82) is 0 Å². The molecule has 1 aromatic rings. The van der Waals surface area contributed by atoms with Gasteiger partial charge in [0.05, 0.1) is 6.20 Å². The van der Waals surface area contributed by atoms with Crippen molar-refractivity contribution in [3.63, 3.8) is 0 Å². The summed E-state index contributed by atoms with van der Waals surface area (Å²) in [6, 6.07) is 0. The van der Waals surface area contributed by atoms with Crippen LogP contribution in [-0.2, 0) is 5.54 Å². The van der Waals surface area contributed by atoms with E-state index < -0.39 is 0 Å². The lowest BCUT2D eigenvalue weighted by Gasteiger charge is -2.01. The molecule has 1 aromatic heterocycles. The molecule has 0 unspecified atom stereocenters. The zero-order valence-electron chi connectivity index (χ0n) is 6.33. The SMILES string of the molecule is C=Cn1cc(C2(N)CC2)cn1. The van der Waals surface area contributed by atoms with Crippen LogP contribution in [0, 0.1) is 0 Å². The summed E-state index contributed by atoms with van der Waals surface area (Å²) >= 11 is 0. The third-order valence-corrected chi connectivity index (χ3v) is 2.15. The van der Waals surface area contributed by atoms with Crippen molar-refractivity contribution >= 4 is 6.20 Å². The molecule has 0 atom stereocenters. The second-order valence-corrected chi connectivity index (χ2v) is 3.05. The molecule has 0 spiro atoms. The molecule has 2 rings (SSSR count). The van der Waals surface area contributed by atoms with Crippen molar-refractivity contribution in [3.8, 4) is 0 Å². The van der Waals surface area contributed by atoms with Crippen LogP contribution in [0.15, 0.2) is 19.0 Å². The first-order chi connectivity index (χ1) is 5.24. The third-order valence-electron chi connectivity index (χ3n) is 2.15. The Kier molecular flexibility index (Phi) is 1.17. The fourth-order valence-electron chi connectivity index (χ4n) is 1.12. The summed E-state index contributed by atoms with van der Waals surface area (Å²) in [7, 11) is 0. The molecule has 0 saturated heterocycles. The van der Waals surface area contributed by atoms with Crippen LogP contribution in [0.1, 0.15) is 18.4 Å². The molecule has 0 aliphatic heterocycles. The maximum absolute atomic E-state index is 5.95. The summed E-state index contributed by atoms with van der Waals surface area (Å²) in [6.45, 7) is 3.61. The molecule has 0 aromatic carbocycles. The fourth-order valence-corrected chi connectivity index (χ4v) is 1.12. The van der Waals surface area contributed by atoms with Crippen molar-refractivity contribution in [2.45, 2.75) is 18.4 Å². The van der Waals surface area contributed by atoms with E-state index >= 15 is 0 Å². The van der Waals surface area contributed by atoms with Gasteiger partial charge < -0.3 is 5.73 Å². The number of hydrogen-bond donors (Lipinski definition) is 1. The molecule has 1 aliphatic rings. The van der Waals surface area contributed by atoms with Gasteiger partial charge in [-0.2, -0.15) is 5.10 Å². The minimum Gasteiger partial charge on any atom is -0.321 e. The Labute approximate surface area is 65.5 Å². The first-order valence-electron chi connectivity index (χ1n) is 3.71. The van der Waals surface area contributed by atoms with Gasteiger partial charge in [-0.25, -0.2) is 4.68 Å². The van der Waals surface area contributed by atoms with Crippen molar-refractivity contribution in [3.05, 3.63) is 24.5 Å². The second kappa shape index (κ2) is 1.95. The molecule has 3 heteroatoms. The van der Waals surface area contributed by atoms with E-state index in [1.54, 1.807) is 10.9 Å². The predicted molar refractivity (Wildman–Crippen MR) is 43.7 cm³/mol. The molecular formula is C8H11N3. The topological polar surface area (TPSA) is 43.8 Å². The Hall–Kier alpha value is -1.09. The fraction of sp³-hybridized carbons (Fsp3) is 0.375. The van der Waals surface area contributed by atoms with Crippen molar-refractivity contribution in [2.75, 3.05) is 0 Å². The summed E-state index contributed by atoms with van der Waals surface area (Å²) in [4.78, 5) is 0. The predicted octanol–water partition coefficient (Wildman–Crippen LogP) is 0.931. The molecule has 58 valence electrons. The van der Waals surface area contributed by atoms with Crippen molar-refractivity contribution in [2.24, 2.45) is 5.73 Å². The summed E-state index contributed by atoms with van der Waals surface area (Å²) in [6.07, 6.45) is 7.57. The standard InChI is InChI=1S/C8H11N3/c1-2-11-6-7(5-10-11)8(9)3-4-8/h2,5-6H,1,3-4,9H2. The first-order valence-corrected chi connectivity index (χ1v) is 3.71. The van der Waals surface area contributed by atoms with E-state index in [9.17, 15) is 0 Å². The van der Waals surface area contributed by atoms with E-state index in [2.05, 4.69) is 11.7 Å². The smallest absolute Gasteiger partial charge is 0.0544 e. The van der Waals surface area contributed by atoms with Gasteiger partial charge in [-0.3, -0.25) is 0 Å². The van der Waals surface area contributed by atoms with E-state index in [0.717, 1.165) is 18.4 Å². The molecule has 0 radical (unpaired) electrons. The van der Waals surface area contributed by atoms with Crippen molar-refractivity contribution < 1.29 is 0 Å². The lowest BCUT2D eigenvalue weighted by atomic mass is 10.1. The lowest BCUT2D eigenvalue weighted by Crippen LogP contribution is -2.17. The molecule has 1 saturated carbocycles. The average Bonchev–Trinajstić information content (AvgIpc) is 2.61. The van der Waals surface area contributed by atoms with Crippen LogP contribution in [0.5, 0.6) is 0 Å². The Morgan fingerprint density at radius 3 is 2.91 bits per heavy atom. The molecule has 0 amide bonds. The molecular weight excluding hydrogens is 138 g/mol. The number of nitrogens with zero attached hydrogens (tertiary/aromatic N) is 2. The molecule has 0 bridgehead atoms. The Morgan fingerprint density at radius 1 is 1.73 bits per heavy atom. The van der Waals surface area contributed by atoms with Crippen LogP contribution < -0.4 is 5.73 Å². The summed E-state index contributed by atoms with van der Waals surface area (Å²) in [5.41, 5.74) is 7.00. The number of nitrogens with two attached hydrogens (primary N) is 1. The molecule has 11 heavy (non-hydrogen) atoms. The van der Waals surface area contributed by atoms with Crippen LogP contribution in [-0.4, -0.2) is 9.78 Å². The van der Waals surface area contributed by atoms with Gasteiger partial charge in [0.15, 0.2) is 0 Å². The highest BCUT2D eigenvalue weighted by Crippen LogP contribution is 2.42. The maximum Gasteiger partial charge on any atom is 0.0544 e. The summed E-state index contributed by atoms with van der Waals surface area (Å²) in [5, 5.41) is 4.06. The third kappa shape index (κ3) is 0.973. The average molecular weight is 149 g/mol. The van der Waals surface area contributed by atoms with E-state index in [4.69, 9.17) is 5.73 Å². The van der Waals surface area contributed by atoms with Crippen LogP contribution in [0.25, 0.3) is 6.20 Å². The van der Waals surface area contributed by atoms with Crippen LogP contribution in [0.3, 0.4) is 0 Å². The zero-order chi connectivity index (χ0) is 7.90. The van der Waals surface area contributed by atoms with E-state index in [0.29, 0.717) is 0 Å². The van der Waals surface area contributed by atoms with Gasteiger partial charge in [-0.15, -0.1) is 0 Å². The largest absolute Gasteiger partial charge is 0.321 e. The van der Waals surface area contributed by atoms with Crippen LogP contribution in [0.4, 0.5) is 0 Å². The van der Waals surface area contributed by atoms with Gasteiger partial charge in [0, 0.05) is 23.5 Å². The van der Waals surface area contributed by atoms with Crippen LogP contribution >= 0.6 is 0 Å². The Morgan fingerprint density at radius 2 is 2.45 bits per heavy atom. The van der Waals surface area contributed by atoms with E-state index in [1.807, 2.05) is 12.4 Å². The van der Waals surface area contributed by atoms with Gasteiger partial charge in [0.25, 0.3) is 0 Å². The van der Waals surface area contributed by atoms with Gasteiger partial charge in [0.2, 0.25) is 0 Å². The summed E-state index contributed by atoms with van der Waals surface area (Å²) in [5.74, 6) is 0. The molecule has 1 aliphatic carbocycles. The minimum absolute atomic E-state index is 0.0682. The lowest BCUT2D eigenvalue weighted by molar-refractivity contribution is 0.740. The molecule has 2 N–H and O–H groups in total. The second-order valence-electron chi connectivity index (χ2n) is 3.05. The Bertz CT molecular complexity index is 283. The molecule has 1 fully saturated rings. The molecule has 3 nitrogen and oxygen atoms in total. The highest BCUT2D eigenvalue weighted by atomic mass is 15.2. The summed E-state index contributed by atoms with van der Waals surface area (Å²) < 4.78 is 1.68. The maximum atomic E-state index is 5.95. The highest BCUT2D eigenvalue weighted by molar-refractivity contribution is 5.27. The van der Waals surface area contributed by atoms with Gasteiger partial charge >= 0.3 is 0 Å². The van der Waals surface area contributed by atoms with E-state index in [1.165, 1.54) is 0 Å². The first kappa shape index (κ1) is 6.61. The highest BCUT2D eigenvalue weighted by Gasteiger charge is 2.40. The quantitative estimate of drug-likeness (QED) is 0.679. The Balaban J connectivity index is 2.32. The number of rotatable bonds is 2. The molecule has 1 heterocycles. The normalized spacial score (nSPS) is 19.7. The number of aromatic nitrogens is 2. The van der Waals surface area contributed by atoms with E-state index in [-0.39, 0.29) is 5.54 Å². The number of hydrogen-bond acceptors (Lipinski definition) is 2. The van der Waals surface area contributed by atoms with Crippen LogP contribution in [0.2, 0.25) is 0 Å². The zero-order valence-corrected chi connectivity index (χ0v) is 6.33. The van der Waals surface area contributed by atoms with Crippen molar-refractivity contribution in [1.82, 2.24) is 9.78 Å². The van der Waals surface area contributed by atoms with Gasteiger partial charge in [-0.1, -0.05) is 6.58 Å². The van der Waals surface area contributed by atoms with Gasteiger partial charge in [-0.05, 0) is 12.8 Å². The van der Waals surface area contributed by atoms with Gasteiger partial charge in [0.1, 0.15) is 0 Å².